The van der Waals surface area contributed by atoms with Crippen LogP contribution >= 0.6 is 0 Å². The Labute approximate surface area is 179 Å². The van der Waals surface area contributed by atoms with E-state index in [2.05, 4.69) is 15.6 Å². The van der Waals surface area contributed by atoms with Crippen molar-refractivity contribution in [3.8, 4) is 11.4 Å². The molecule has 2 aromatic carbocycles. The third kappa shape index (κ3) is 3.24. The fourth-order valence-electron chi connectivity index (χ4n) is 4.25. The molecule has 1 aromatic heterocycles. The number of anilines is 1. The number of urea groups is 1. The summed E-state index contributed by atoms with van der Waals surface area (Å²) in [6.07, 6.45) is 1.83. The van der Waals surface area contributed by atoms with Crippen molar-refractivity contribution in [3.05, 3.63) is 48.5 Å². The van der Waals surface area contributed by atoms with Crippen molar-refractivity contribution in [2.75, 3.05) is 11.9 Å². The van der Waals surface area contributed by atoms with Gasteiger partial charge in [-0.15, -0.1) is 0 Å². The molecule has 1 saturated heterocycles. The van der Waals surface area contributed by atoms with Gasteiger partial charge in [0.15, 0.2) is 0 Å². The summed E-state index contributed by atoms with van der Waals surface area (Å²) in [4.78, 5) is 43.1. The van der Waals surface area contributed by atoms with Crippen LogP contribution in [0.15, 0.2) is 48.5 Å². The molecule has 31 heavy (non-hydrogen) atoms. The van der Waals surface area contributed by atoms with Gasteiger partial charge in [0.25, 0.3) is 5.91 Å². The zero-order valence-corrected chi connectivity index (χ0v) is 17.4. The van der Waals surface area contributed by atoms with Gasteiger partial charge < -0.3 is 15.2 Å². The number of amides is 4. The number of aromatic nitrogens is 2. The summed E-state index contributed by atoms with van der Waals surface area (Å²) in [5.41, 5.74) is 2.59. The Morgan fingerprint density at radius 1 is 1.16 bits per heavy atom. The molecule has 8 heteroatoms. The van der Waals surface area contributed by atoms with E-state index < -0.39 is 17.5 Å². The van der Waals surface area contributed by atoms with Crippen molar-refractivity contribution < 1.29 is 14.4 Å². The van der Waals surface area contributed by atoms with Gasteiger partial charge in [-0.25, -0.2) is 9.78 Å². The molecule has 2 aliphatic rings. The Morgan fingerprint density at radius 2 is 1.87 bits per heavy atom. The molecule has 1 aliphatic heterocycles. The smallest absolute Gasteiger partial charge is 0.325 e. The lowest BCUT2D eigenvalue weighted by Gasteiger charge is -2.20. The minimum atomic E-state index is -0.884. The van der Waals surface area contributed by atoms with Crippen molar-refractivity contribution in [1.29, 1.82) is 0 Å². The van der Waals surface area contributed by atoms with Gasteiger partial charge in [0.2, 0.25) is 5.91 Å². The van der Waals surface area contributed by atoms with Crippen LogP contribution in [0.1, 0.15) is 19.8 Å². The second-order valence-electron chi connectivity index (χ2n) is 8.41. The van der Waals surface area contributed by atoms with E-state index in [0.29, 0.717) is 5.69 Å². The first-order valence-corrected chi connectivity index (χ1v) is 10.3. The number of imidazole rings is 1. The molecule has 4 amide bonds. The monoisotopic (exact) mass is 417 g/mol. The lowest BCUT2D eigenvalue weighted by Crippen LogP contribution is -2.46. The third-order valence-corrected chi connectivity index (χ3v) is 6.21. The van der Waals surface area contributed by atoms with Gasteiger partial charge in [-0.1, -0.05) is 12.1 Å². The highest BCUT2D eigenvalue weighted by Crippen LogP contribution is 2.42. The maximum absolute atomic E-state index is 12.7. The topological polar surface area (TPSA) is 96.3 Å². The summed E-state index contributed by atoms with van der Waals surface area (Å²) in [6.45, 7) is 1.43. The van der Waals surface area contributed by atoms with Crippen LogP contribution in [0.25, 0.3) is 22.4 Å². The van der Waals surface area contributed by atoms with Crippen molar-refractivity contribution >= 4 is 34.6 Å². The maximum atomic E-state index is 12.7. The molecule has 1 atom stereocenters. The van der Waals surface area contributed by atoms with Crippen LogP contribution in [0, 0.1) is 5.92 Å². The molecule has 0 radical (unpaired) electrons. The first kappa shape index (κ1) is 19.3. The average Bonchev–Trinajstić information content (AvgIpc) is 3.53. The number of carbonyl (C=O) groups is 3. The van der Waals surface area contributed by atoms with Gasteiger partial charge in [0, 0.05) is 18.3 Å². The van der Waals surface area contributed by atoms with Crippen LogP contribution < -0.4 is 10.6 Å². The number of nitrogens with zero attached hydrogens (tertiary/aromatic N) is 3. The lowest BCUT2D eigenvalue weighted by atomic mass is 9.96. The second kappa shape index (κ2) is 6.94. The van der Waals surface area contributed by atoms with Crippen molar-refractivity contribution in [2.24, 2.45) is 13.0 Å². The van der Waals surface area contributed by atoms with E-state index in [9.17, 15) is 14.4 Å². The van der Waals surface area contributed by atoms with Gasteiger partial charge in [0.05, 0.1) is 11.0 Å². The molecule has 1 saturated carbocycles. The molecule has 1 aliphatic carbocycles. The van der Waals surface area contributed by atoms with Crippen LogP contribution in [0.4, 0.5) is 10.5 Å². The number of para-hydroxylation sites is 2. The SMILES string of the molecule is Cn1c(-c2ccc(NC(=O)CN3C(=O)NC(C)(C4CC4)C3=O)cc2)nc2ccccc21. The number of imide groups is 1. The highest BCUT2D eigenvalue weighted by molar-refractivity contribution is 6.10. The molecule has 3 aromatic rings. The molecule has 0 bridgehead atoms. The van der Waals surface area contributed by atoms with Crippen LogP contribution in [-0.2, 0) is 16.6 Å². The summed E-state index contributed by atoms with van der Waals surface area (Å²) in [5, 5.41) is 5.51. The highest BCUT2D eigenvalue weighted by atomic mass is 16.2. The quantitative estimate of drug-likeness (QED) is 0.624. The molecule has 1 unspecified atom stereocenters. The Bertz CT molecular complexity index is 1210. The van der Waals surface area contributed by atoms with E-state index in [-0.39, 0.29) is 18.4 Å². The van der Waals surface area contributed by atoms with Crippen LogP contribution in [0.3, 0.4) is 0 Å². The molecule has 0 spiro atoms. The number of rotatable bonds is 5. The molecule has 2 N–H and O–H groups in total. The van der Waals surface area contributed by atoms with E-state index in [4.69, 9.17) is 0 Å². The largest absolute Gasteiger partial charge is 0.327 e. The van der Waals surface area contributed by atoms with Gasteiger partial charge in [-0.3, -0.25) is 14.5 Å². The standard InChI is InChI=1S/C23H23N5O3/c1-23(15-9-10-15)21(30)28(22(31)26-23)13-19(29)24-16-11-7-14(8-12-16)20-25-17-5-3-4-6-18(17)27(20)2/h3-8,11-12,15H,9-10,13H2,1-2H3,(H,24,29)(H,26,31). The first-order chi connectivity index (χ1) is 14.9. The molecule has 2 fully saturated rings. The van der Waals surface area contributed by atoms with Gasteiger partial charge in [-0.2, -0.15) is 0 Å². The number of carbonyl (C=O) groups excluding carboxylic acids is 3. The molecular weight excluding hydrogens is 394 g/mol. The van der Waals surface area contributed by atoms with E-state index in [1.54, 1.807) is 19.1 Å². The summed E-state index contributed by atoms with van der Waals surface area (Å²) in [6, 6.07) is 14.7. The van der Waals surface area contributed by atoms with Crippen LogP contribution in [0.5, 0.6) is 0 Å². The number of nitrogens with one attached hydrogen (secondary N) is 2. The van der Waals surface area contributed by atoms with Crippen molar-refractivity contribution in [3.63, 3.8) is 0 Å². The van der Waals surface area contributed by atoms with E-state index in [1.165, 1.54) is 0 Å². The Kier molecular flexibility index (Phi) is 4.32. The molecule has 5 rings (SSSR count). The third-order valence-electron chi connectivity index (χ3n) is 6.21. The number of hydrogen-bond donors (Lipinski definition) is 2. The number of fused-ring (bicyclic) bond motifs is 1. The second-order valence-corrected chi connectivity index (χ2v) is 8.41. The van der Waals surface area contributed by atoms with Crippen LogP contribution in [0.2, 0.25) is 0 Å². The Morgan fingerprint density at radius 3 is 2.55 bits per heavy atom. The van der Waals surface area contributed by atoms with Gasteiger partial charge in [-0.05, 0) is 62.1 Å². The minimum Gasteiger partial charge on any atom is -0.327 e. The van der Waals surface area contributed by atoms with Crippen molar-refractivity contribution in [2.45, 2.75) is 25.3 Å². The molecule has 2 heterocycles. The summed E-state index contributed by atoms with van der Waals surface area (Å²) in [5.74, 6) is 0.247. The molecule has 8 nitrogen and oxygen atoms in total. The summed E-state index contributed by atoms with van der Waals surface area (Å²) >= 11 is 0. The summed E-state index contributed by atoms with van der Waals surface area (Å²) in [7, 11) is 1.97. The van der Waals surface area contributed by atoms with E-state index in [1.807, 2.05) is 48.0 Å². The predicted octanol–water partition coefficient (Wildman–Crippen LogP) is 2.90. The Balaban J connectivity index is 1.27. The van der Waals surface area contributed by atoms with E-state index in [0.717, 1.165) is 40.2 Å². The van der Waals surface area contributed by atoms with Gasteiger partial charge >= 0.3 is 6.03 Å². The average molecular weight is 417 g/mol. The normalized spacial score (nSPS) is 20.9. The number of benzene rings is 2. The maximum Gasteiger partial charge on any atom is 0.325 e. The number of aryl methyl sites for hydroxylation is 1. The zero-order valence-electron chi connectivity index (χ0n) is 17.4. The van der Waals surface area contributed by atoms with Crippen LogP contribution in [-0.4, -0.2) is 44.4 Å². The highest BCUT2D eigenvalue weighted by Gasteiger charge is 2.56. The van der Waals surface area contributed by atoms with E-state index >= 15 is 0 Å². The zero-order chi connectivity index (χ0) is 21.8. The molecular formula is C23H23N5O3. The van der Waals surface area contributed by atoms with Crippen molar-refractivity contribution in [1.82, 2.24) is 19.8 Å². The van der Waals surface area contributed by atoms with Gasteiger partial charge in [0.1, 0.15) is 17.9 Å². The number of hydrogen-bond acceptors (Lipinski definition) is 4. The first-order valence-electron chi connectivity index (χ1n) is 10.3. The fraction of sp³-hybridized carbons (Fsp3) is 0.304. The Hall–Kier alpha value is -3.68. The summed E-state index contributed by atoms with van der Waals surface area (Å²) < 4.78 is 2.03. The fourth-order valence-corrected chi connectivity index (χ4v) is 4.25. The minimum absolute atomic E-state index is 0.160. The lowest BCUT2D eigenvalue weighted by molar-refractivity contribution is -0.134. The predicted molar refractivity (Wildman–Crippen MR) is 116 cm³/mol. The molecule has 158 valence electrons.